The topological polar surface area (TPSA) is 26.3 Å². The summed E-state index contributed by atoms with van der Waals surface area (Å²) in [4.78, 5) is 12.3. The Labute approximate surface area is 152 Å². The molecule has 0 aliphatic carbocycles. The van der Waals surface area contributed by atoms with Crippen molar-refractivity contribution in [3.05, 3.63) is 35.9 Å². The second-order valence-corrected chi connectivity index (χ2v) is 7.29. The molecule has 0 amide bonds. The summed E-state index contributed by atoms with van der Waals surface area (Å²) in [6.45, 7) is 5.39. The molecule has 6 heteroatoms. The summed E-state index contributed by atoms with van der Waals surface area (Å²) in [5.74, 6) is -3.70. The highest BCUT2D eigenvalue weighted by molar-refractivity contribution is 5.76. The fraction of sp³-hybridized carbons (Fsp3) is 0.650. The Morgan fingerprint density at radius 3 is 2.27 bits per heavy atom. The van der Waals surface area contributed by atoms with Gasteiger partial charge in [0.1, 0.15) is 0 Å². The second-order valence-electron chi connectivity index (χ2n) is 7.29. The Balaban J connectivity index is 2.49. The predicted octanol–water partition coefficient (Wildman–Crippen LogP) is 6.21. The first kappa shape index (κ1) is 22.5. The van der Waals surface area contributed by atoms with Crippen molar-refractivity contribution in [1.29, 1.82) is 0 Å². The van der Waals surface area contributed by atoms with Crippen molar-refractivity contribution in [3.63, 3.8) is 0 Å². The first-order valence-electron chi connectivity index (χ1n) is 8.95. The molecule has 0 heterocycles. The van der Waals surface area contributed by atoms with Crippen molar-refractivity contribution >= 4 is 5.97 Å². The summed E-state index contributed by atoms with van der Waals surface area (Å²) in [6.07, 6.45) is -3.92. The van der Waals surface area contributed by atoms with E-state index < -0.39 is 36.6 Å². The van der Waals surface area contributed by atoms with Crippen LogP contribution in [0, 0.1) is 5.41 Å². The second kappa shape index (κ2) is 9.93. The average Bonchev–Trinajstić information content (AvgIpc) is 2.56. The lowest BCUT2D eigenvalue weighted by Gasteiger charge is -2.28. The molecule has 0 bridgehead atoms. The molecule has 0 aliphatic heterocycles. The normalized spacial score (nSPS) is 13.7. The zero-order chi connectivity index (χ0) is 19.8. The molecule has 0 fully saturated rings. The average molecular weight is 376 g/mol. The molecule has 0 aliphatic rings. The fourth-order valence-corrected chi connectivity index (χ4v) is 2.94. The van der Waals surface area contributed by atoms with Crippen LogP contribution in [0.3, 0.4) is 0 Å². The van der Waals surface area contributed by atoms with Crippen molar-refractivity contribution in [1.82, 2.24) is 0 Å². The first-order valence-corrected chi connectivity index (χ1v) is 8.95. The Bertz CT molecular complexity index is 544. The van der Waals surface area contributed by atoms with Crippen molar-refractivity contribution in [2.75, 3.05) is 6.61 Å². The molecule has 1 rings (SSSR count). The van der Waals surface area contributed by atoms with Crippen LogP contribution in [0.15, 0.2) is 30.3 Å². The molecule has 0 N–H and O–H groups in total. The monoisotopic (exact) mass is 376 g/mol. The number of carbonyl (C=O) groups excluding carboxylic acids is 1. The summed E-state index contributed by atoms with van der Waals surface area (Å²) >= 11 is 0. The van der Waals surface area contributed by atoms with Crippen molar-refractivity contribution in [3.8, 4) is 0 Å². The number of esters is 1. The van der Waals surface area contributed by atoms with Gasteiger partial charge in [0.15, 0.2) is 0 Å². The van der Waals surface area contributed by atoms with E-state index in [0.29, 0.717) is 6.42 Å². The predicted molar refractivity (Wildman–Crippen MR) is 93.6 cm³/mol. The lowest BCUT2D eigenvalue weighted by atomic mass is 9.79. The number of carbonyl (C=O) groups is 1. The molecule has 0 saturated heterocycles. The standard InChI is InChI=1S/C20H28F4O2/c1-4-15(16-9-6-5-7-10-16)13-19(2,3)18(25)26-12-8-11-20(23,24)14-17(21)22/h5-7,9-10,15,17H,4,8,11-14H2,1-3H3. The number of hydrogen-bond donors (Lipinski definition) is 0. The van der Waals surface area contributed by atoms with Gasteiger partial charge in [-0.1, -0.05) is 37.3 Å². The van der Waals surface area contributed by atoms with Gasteiger partial charge < -0.3 is 4.74 Å². The van der Waals surface area contributed by atoms with E-state index in [-0.39, 0.29) is 18.9 Å². The molecule has 1 aromatic carbocycles. The molecule has 1 unspecified atom stereocenters. The van der Waals surface area contributed by atoms with E-state index in [9.17, 15) is 22.4 Å². The third kappa shape index (κ3) is 7.75. The SMILES string of the molecule is CCC(CC(C)(C)C(=O)OCCCC(F)(F)CC(F)F)c1ccccc1. The van der Waals surface area contributed by atoms with Gasteiger partial charge in [0.05, 0.1) is 18.4 Å². The molecule has 1 aromatic rings. The van der Waals surface area contributed by atoms with Gasteiger partial charge in [0.2, 0.25) is 6.43 Å². The van der Waals surface area contributed by atoms with Crippen LogP contribution in [-0.2, 0) is 9.53 Å². The summed E-state index contributed by atoms with van der Waals surface area (Å²) < 4.78 is 55.7. The largest absolute Gasteiger partial charge is 0.465 e. The number of benzene rings is 1. The van der Waals surface area contributed by atoms with Gasteiger partial charge in [0.25, 0.3) is 5.92 Å². The van der Waals surface area contributed by atoms with Crippen LogP contribution in [0.2, 0.25) is 0 Å². The maximum atomic E-state index is 13.2. The van der Waals surface area contributed by atoms with Gasteiger partial charge in [-0.25, -0.2) is 17.6 Å². The molecule has 1 atom stereocenters. The summed E-state index contributed by atoms with van der Waals surface area (Å²) in [5.41, 5.74) is 0.379. The Morgan fingerprint density at radius 2 is 1.73 bits per heavy atom. The maximum Gasteiger partial charge on any atom is 0.311 e. The molecule has 0 saturated carbocycles. The molecule has 2 nitrogen and oxygen atoms in total. The minimum absolute atomic E-state index is 0.141. The van der Waals surface area contributed by atoms with Gasteiger partial charge >= 0.3 is 5.97 Å². The third-order valence-electron chi connectivity index (χ3n) is 4.45. The van der Waals surface area contributed by atoms with E-state index in [2.05, 4.69) is 0 Å². The minimum Gasteiger partial charge on any atom is -0.465 e. The maximum absolute atomic E-state index is 13.2. The number of hydrogen-bond acceptors (Lipinski definition) is 2. The van der Waals surface area contributed by atoms with Gasteiger partial charge in [-0.15, -0.1) is 0 Å². The zero-order valence-corrected chi connectivity index (χ0v) is 15.6. The molecule has 0 radical (unpaired) electrons. The highest BCUT2D eigenvalue weighted by Crippen LogP contribution is 2.35. The van der Waals surface area contributed by atoms with Crippen LogP contribution in [0.5, 0.6) is 0 Å². The van der Waals surface area contributed by atoms with E-state index in [1.165, 1.54) is 0 Å². The number of ether oxygens (including phenoxy) is 1. The highest BCUT2D eigenvalue weighted by Gasteiger charge is 2.34. The van der Waals surface area contributed by atoms with E-state index >= 15 is 0 Å². The summed E-state index contributed by atoms with van der Waals surface area (Å²) in [7, 11) is 0. The van der Waals surface area contributed by atoms with Crippen molar-refractivity contribution in [2.45, 2.75) is 71.1 Å². The molecule has 26 heavy (non-hydrogen) atoms. The van der Waals surface area contributed by atoms with Gasteiger partial charge in [-0.05, 0) is 44.6 Å². The zero-order valence-electron chi connectivity index (χ0n) is 15.6. The van der Waals surface area contributed by atoms with Gasteiger partial charge in [-0.3, -0.25) is 4.79 Å². The molecular formula is C20H28F4O2. The lowest BCUT2D eigenvalue weighted by molar-refractivity contribution is -0.155. The van der Waals surface area contributed by atoms with Crippen LogP contribution in [0.1, 0.15) is 64.4 Å². The summed E-state index contributed by atoms with van der Waals surface area (Å²) in [5, 5.41) is 0. The van der Waals surface area contributed by atoms with Crippen molar-refractivity contribution in [2.24, 2.45) is 5.41 Å². The lowest BCUT2D eigenvalue weighted by Crippen LogP contribution is -2.29. The smallest absolute Gasteiger partial charge is 0.311 e. The fourth-order valence-electron chi connectivity index (χ4n) is 2.94. The van der Waals surface area contributed by atoms with Crippen molar-refractivity contribution < 1.29 is 27.1 Å². The molecule has 0 spiro atoms. The minimum atomic E-state index is -3.43. The Morgan fingerprint density at radius 1 is 1.12 bits per heavy atom. The number of halogens is 4. The van der Waals surface area contributed by atoms with Crippen LogP contribution >= 0.6 is 0 Å². The highest BCUT2D eigenvalue weighted by atomic mass is 19.3. The Kier molecular flexibility index (Phi) is 8.57. The van der Waals surface area contributed by atoms with Crippen LogP contribution in [0.25, 0.3) is 0 Å². The van der Waals surface area contributed by atoms with E-state index in [0.717, 1.165) is 12.0 Å². The molecule has 148 valence electrons. The number of rotatable bonds is 11. The molecular weight excluding hydrogens is 348 g/mol. The van der Waals surface area contributed by atoms with Crippen LogP contribution < -0.4 is 0 Å². The van der Waals surface area contributed by atoms with E-state index in [4.69, 9.17) is 4.74 Å². The summed E-state index contributed by atoms with van der Waals surface area (Å²) in [6, 6.07) is 9.85. The van der Waals surface area contributed by atoms with Crippen LogP contribution in [-0.4, -0.2) is 24.9 Å². The van der Waals surface area contributed by atoms with Crippen LogP contribution in [0.4, 0.5) is 17.6 Å². The first-order chi connectivity index (χ1) is 12.1. The van der Waals surface area contributed by atoms with Gasteiger partial charge in [-0.2, -0.15) is 0 Å². The van der Waals surface area contributed by atoms with Gasteiger partial charge in [0, 0.05) is 6.42 Å². The number of alkyl halides is 4. The quantitative estimate of drug-likeness (QED) is 0.261. The third-order valence-corrected chi connectivity index (χ3v) is 4.45. The van der Waals surface area contributed by atoms with E-state index in [1.807, 2.05) is 37.3 Å². The van der Waals surface area contributed by atoms with E-state index in [1.54, 1.807) is 13.8 Å². The Hall–Kier alpha value is -1.59. The molecule has 0 aromatic heterocycles.